The summed E-state index contributed by atoms with van der Waals surface area (Å²) in [5.74, 6) is 0.569. The van der Waals surface area contributed by atoms with E-state index in [2.05, 4.69) is 26.2 Å². The largest absolute Gasteiger partial charge is 0.469 e. The van der Waals surface area contributed by atoms with Crippen LogP contribution in [0.15, 0.2) is 56.5 Å². The van der Waals surface area contributed by atoms with Crippen molar-refractivity contribution >= 4 is 27.8 Å². The second-order valence-corrected chi connectivity index (χ2v) is 5.49. The summed E-state index contributed by atoms with van der Waals surface area (Å²) in [5, 5.41) is 2.57. The van der Waals surface area contributed by atoms with Gasteiger partial charge in [-0.25, -0.2) is 4.99 Å². The maximum absolute atomic E-state index is 12.4. The van der Waals surface area contributed by atoms with Crippen LogP contribution in [0.4, 0.5) is 0 Å². The number of carbonyl (C=O) groups is 1. The lowest BCUT2D eigenvalue weighted by molar-refractivity contribution is -0.124. The summed E-state index contributed by atoms with van der Waals surface area (Å²) in [6.45, 7) is 0. The number of carbonyl (C=O) groups excluding carboxylic acids is 1. The fourth-order valence-corrected chi connectivity index (χ4v) is 2.58. The van der Waals surface area contributed by atoms with Crippen molar-refractivity contribution in [2.45, 2.75) is 12.0 Å². The molecule has 3 N–H and O–H groups in total. The van der Waals surface area contributed by atoms with Crippen LogP contribution in [-0.4, -0.2) is 11.9 Å². The molecule has 1 aromatic carbocycles. The van der Waals surface area contributed by atoms with E-state index in [9.17, 15) is 4.79 Å². The summed E-state index contributed by atoms with van der Waals surface area (Å²) in [6, 6.07) is 11.1. The Kier molecular flexibility index (Phi) is 3.10. The molecule has 0 aliphatic carbocycles. The zero-order chi connectivity index (χ0) is 14.2. The highest BCUT2D eigenvalue weighted by Gasteiger charge is 2.45. The Balaban J connectivity index is 2.08. The van der Waals surface area contributed by atoms with Gasteiger partial charge in [0.2, 0.25) is 0 Å². The molecule has 6 heteroatoms. The molecule has 1 aliphatic rings. The molecule has 1 atom stereocenters. The first kappa shape index (κ1) is 12.9. The summed E-state index contributed by atoms with van der Waals surface area (Å²) in [5.41, 5.74) is 5.38. The Morgan fingerprint density at radius 1 is 1.30 bits per heavy atom. The smallest absolute Gasteiger partial charge is 0.259 e. The summed E-state index contributed by atoms with van der Waals surface area (Å²) < 4.78 is 6.28. The molecule has 1 aromatic heterocycles. The molecule has 0 fully saturated rings. The topological polar surface area (TPSA) is 80.6 Å². The zero-order valence-electron chi connectivity index (χ0n) is 10.5. The second-order valence-electron chi connectivity index (χ2n) is 4.57. The van der Waals surface area contributed by atoms with Gasteiger partial charge < -0.3 is 10.2 Å². The molecule has 102 valence electrons. The van der Waals surface area contributed by atoms with E-state index >= 15 is 0 Å². The number of hydrogen-bond donors (Lipinski definition) is 2. The summed E-state index contributed by atoms with van der Waals surface area (Å²) >= 11 is 3.38. The standard InChI is InChI=1S/C14H12BrN3O2/c15-10-5-3-9(4-6-10)14(8-11-2-1-7-20-11)12(19)17-13(16)18-14/h1-7H,8H2,(H3,16,17,18,19)/t14-/m0/s1. The van der Waals surface area contributed by atoms with Gasteiger partial charge in [0.25, 0.3) is 5.91 Å². The molecule has 1 aliphatic heterocycles. The molecule has 3 rings (SSSR count). The van der Waals surface area contributed by atoms with Crippen LogP contribution >= 0.6 is 15.9 Å². The maximum Gasteiger partial charge on any atom is 0.259 e. The van der Waals surface area contributed by atoms with Crippen molar-refractivity contribution in [3.63, 3.8) is 0 Å². The molecule has 20 heavy (non-hydrogen) atoms. The summed E-state index contributed by atoms with van der Waals surface area (Å²) in [6.07, 6.45) is 1.90. The van der Waals surface area contributed by atoms with E-state index in [1.165, 1.54) is 0 Å². The summed E-state index contributed by atoms with van der Waals surface area (Å²) in [4.78, 5) is 16.7. The number of rotatable bonds is 3. The van der Waals surface area contributed by atoms with Gasteiger partial charge in [-0.3, -0.25) is 10.1 Å². The number of nitrogens with one attached hydrogen (secondary N) is 1. The number of nitrogens with zero attached hydrogens (tertiary/aromatic N) is 1. The number of aliphatic imine (C=N–C) groups is 1. The third kappa shape index (κ3) is 2.12. The van der Waals surface area contributed by atoms with Gasteiger partial charge in [-0.1, -0.05) is 28.1 Å². The average Bonchev–Trinajstić information content (AvgIpc) is 3.00. The van der Waals surface area contributed by atoms with E-state index < -0.39 is 5.54 Å². The highest BCUT2D eigenvalue weighted by Crippen LogP contribution is 2.34. The van der Waals surface area contributed by atoms with E-state index in [0.29, 0.717) is 12.2 Å². The molecule has 0 radical (unpaired) electrons. The monoisotopic (exact) mass is 333 g/mol. The second kappa shape index (κ2) is 4.79. The van der Waals surface area contributed by atoms with Gasteiger partial charge >= 0.3 is 0 Å². The van der Waals surface area contributed by atoms with Crippen molar-refractivity contribution in [2.24, 2.45) is 10.7 Å². The van der Waals surface area contributed by atoms with Crippen molar-refractivity contribution in [2.75, 3.05) is 0 Å². The van der Waals surface area contributed by atoms with Crippen molar-refractivity contribution in [1.29, 1.82) is 0 Å². The molecule has 0 spiro atoms. The van der Waals surface area contributed by atoms with Gasteiger partial charge in [0.05, 0.1) is 6.26 Å². The lowest BCUT2D eigenvalue weighted by Crippen LogP contribution is -2.40. The van der Waals surface area contributed by atoms with Gasteiger partial charge in [-0.2, -0.15) is 0 Å². The van der Waals surface area contributed by atoms with Crippen molar-refractivity contribution in [3.05, 3.63) is 58.5 Å². The third-order valence-corrected chi connectivity index (χ3v) is 3.79. The van der Waals surface area contributed by atoms with Gasteiger partial charge in [-0.15, -0.1) is 0 Å². The maximum atomic E-state index is 12.4. The quantitative estimate of drug-likeness (QED) is 0.900. The highest BCUT2D eigenvalue weighted by atomic mass is 79.9. The van der Waals surface area contributed by atoms with Crippen molar-refractivity contribution in [3.8, 4) is 0 Å². The lowest BCUT2D eigenvalue weighted by atomic mass is 9.86. The van der Waals surface area contributed by atoms with Crippen LogP contribution < -0.4 is 11.1 Å². The fourth-order valence-electron chi connectivity index (χ4n) is 2.31. The molecule has 0 bridgehead atoms. The van der Waals surface area contributed by atoms with Crippen LogP contribution in [-0.2, 0) is 16.8 Å². The molecule has 0 saturated carbocycles. The van der Waals surface area contributed by atoms with Crippen LogP contribution in [0.5, 0.6) is 0 Å². The first-order valence-corrected chi connectivity index (χ1v) is 6.85. The summed E-state index contributed by atoms with van der Waals surface area (Å²) in [7, 11) is 0. The minimum Gasteiger partial charge on any atom is -0.469 e. The van der Waals surface area contributed by atoms with E-state index in [1.807, 2.05) is 30.3 Å². The lowest BCUT2D eigenvalue weighted by Gasteiger charge is -2.22. The van der Waals surface area contributed by atoms with Crippen molar-refractivity contribution < 1.29 is 9.21 Å². The number of furan rings is 1. The molecular weight excluding hydrogens is 322 g/mol. The molecule has 5 nitrogen and oxygen atoms in total. The van der Waals surface area contributed by atoms with Crippen LogP contribution in [0.2, 0.25) is 0 Å². The van der Waals surface area contributed by atoms with Crippen molar-refractivity contribution in [1.82, 2.24) is 5.32 Å². The van der Waals surface area contributed by atoms with E-state index in [-0.39, 0.29) is 11.9 Å². The number of guanidine groups is 1. The molecular formula is C14H12BrN3O2. The van der Waals surface area contributed by atoms with E-state index in [1.54, 1.807) is 12.3 Å². The van der Waals surface area contributed by atoms with Crippen LogP contribution in [0.1, 0.15) is 11.3 Å². The highest BCUT2D eigenvalue weighted by molar-refractivity contribution is 9.10. The Morgan fingerprint density at radius 3 is 2.60 bits per heavy atom. The van der Waals surface area contributed by atoms with Gasteiger partial charge in [0.15, 0.2) is 11.5 Å². The third-order valence-electron chi connectivity index (χ3n) is 3.26. The molecule has 2 aromatic rings. The zero-order valence-corrected chi connectivity index (χ0v) is 12.1. The SMILES string of the molecule is NC1=N[C@@](Cc2ccco2)(c2ccc(Br)cc2)C(=O)N1. The fraction of sp³-hybridized carbons (Fsp3) is 0.143. The van der Waals surface area contributed by atoms with Crippen LogP contribution in [0.25, 0.3) is 0 Å². The molecule has 2 heterocycles. The molecule has 1 amide bonds. The average molecular weight is 334 g/mol. The van der Waals surface area contributed by atoms with Gasteiger partial charge in [0.1, 0.15) is 5.76 Å². The molecule has 0 unspecified atom stereocenters. The first-order chi connectivity index (χ1) is 9.60. The normalized spacial score (nSPS) is 21.6. The number of halogens is 1. The van der Waals surface area contributed by atoms with Crippen LogP contribution in [0.3, 0.4) is 0 Å². The van der Waals surface area contributed by atoms with Crippen LogP contribution in [0, 0.1) is 0 Å². The first-order valence-electron chi connectivity index (χ1n) is 6.05. The Hall–Kier alpha value is -2.08. The predicted octanol–water partition coefficient (Wildman–Crippen LogP) is 1.92. The minimum absolute atomic E-state index is 0.129. The van der Waals surface area contributed by atoms with Gasteiger partial charge in [-0.05, 0) is 29.8 Å². The van der Waals surface area contributed by atoms with E-state index in [0.717, 1.165) is 10.0 Å². The Morgan fingerprint density at radius 2 is 2.05 bits per heavy atom. The van der Waals surface area contributed by atoms with Gasteiger partial charge in [0, 0.05) is 10.9 Å². The number of amides is 1. The predicted molar refractivity (Wildman–Crippen MR) is 78.0 cm³/mol. The Bertz CT molecular complexity index is 664. The number of nitrogens with two attached hydrogens (primary N) is 1. The number of benzene rings is 1. The molecule has 0 saturated heterocycles. The number of hydrogen-bond acceptors (Lipinski definition) is 4. The van der Waals surface area contributed by atoms with E-state index in [4.69, 9.17) is 10.2 Å². The Labute approximate surface area is 124 Å². The minimum atomic E-state index is -1.07.